The van der Waals surface area contributed by atoms with E-state index in [1.54, 1.807) is 24.3 Å². The molecule has 14 heavy (non-hydrogen) atoms. The summed E-state index contributed by atoms with van der Waals surface area (Å²) in [6, 6.07) is 8.96. The van der Waals surface area contributed by atoms with Gasteiger partial charge in [0.15, 0.2) is 0 Å². The first kappa shape index (κ1) is 10.6. The second kappa shape index (κ2) is 5.32. The number of alkyl halides is 1. The van der Waals surface area contributed by atoms with E-state index in [0.717, 1.165) is 5.56 Å². The maximum Gasteiger partial charge on any atom is 0.291 e. The van der Waals surface area contributed by atoms with Crippen molar-refractivity contribution < 1.29 is 13.2 Å². The van der Waals surface area contributed by atoms with Crippen LogP contribution in [0.4, 0.5) is 13.2 Å². The SMILES string of the molecule is FCC(NCc1ccccc1)=C(F)F. The molecular weight excluding hydrogens is 191 g/mol. The minimum absolute atomic E-state index is 0.206. The third-order valence-electron chi connectivity index (χ3n) is 1.71. The summed E-state index contributed by atoms with van der Waals surface area (Å²) in [5, 5.41) is 2.34. The quantitative estimate of drug-likeness (QED) is 0.789. The molecule has 0 fully saturated rings. The minimum atomic E-state index is -2.00. The summed E-state index contributed by atoms with van der Waals surface area (Å²) in [6.45, 7) is -0.966. The molecule has 0 saturated carbocycles. The van der Waals surface area contributed by atoms with Crippen LogP contribution in [0.15, 0.2) is 42.1 Å². The average molecular weight is 201 g/mol. The number of nitrogens with one attached hydrogen (secondary N) is 1. The molecule has 1 N–H and O–H groups in total. The zero-order valence-electron chi connectivity index (χ0n) is 7.43. The molecule has 0 heterocycles. The lowest BCUT2D eigenvalue weighted by Crippen LogP contribution is -2.14. The molecular formula is C10H10F3N. The number of rotatable bonds is 4. The summed E-state index contributed by atoms with van der Waals surface area (Å²) in [4.78, 5) is 0. The first-order chi connectivity index (χ1) is 6.74. The van der Waals surface area contributed by atoms with Gasteiger partial charge in [-0.3, -0.25) is 0 Å². The van der Waals surface area contributed by atoms with E-state index >= 15 is 0 Å². The van der Waals surface area contributed by atoms with Gasteiger partial charge in [0.25, 0.3) is 6.08 Å². The van der Waals surface area contributed by atoms with Crippen molar-refractivity contribution in [1.82, 2.24) is 5.32 Å². The first-order valence-electron chi connectivity index (χ1n) is 4.12. The van der Waals surface area contributed by atoms with Crippen LogP contribution in [-0.4, -0.2) is 6.67 Å². The molecule has 4 heteroatoms. The van der Waals surface area contributed by atoms with Crippen LogP contribution in [0, 0.1) is 0 Å². The average Bonchev–Trinajstić information content (AvgIpc) is 2.20. The lowest BCUT2D eigenvalue weighted by atomic mass is 10.2. The van der Waals surface area contributed by atoms with Gasteiger partial charge in [0.2, 0.25) is 0 Å². The highest BCUT2D eigenvalue weighted by Crippen LogP contribution is 2.06. The van der Waals surface area contributed by atoms with Gasteiger partial charge in [-0.2, -0.15) is 8.78 Å². The zero-order chi connectivity index (χ0) is 10.4. The van der Waals surface area contributed by atoms with Gasteiger partial charge in [0.1, 0.15) is 12.4 Å². The molecule has 0 saturated heterocycles. The molecule has 1 aromatic carbocycles. The molecule has 0 atom stereocenters. The Hall–Kier alpha value is -1.45. The fourth-order valence-electron chi connectivity index (χ4n) is 0.969. The third-order valence-corrected chi connectivity index (χ3v) is 1.71. The summed E-state index contributed by atoms with van der Waals surface area (Å²) < 4.78 is 36.0. The predicted molar refractivity (Wildman–Crippen MR) is 48.5 cm³/mol. The second-order valence-corrected chi connectivity index (χ2v) is 2.71. The van der Waals surface area contributed by atoms with Crippen LogP contribution in [-0.2, 0) is 6.54 Å². The molecule has 0 amide bonds. The molecule has 0 radical (unpaired) electrons. The fraction of sp³-hybridized carbons (Fsp3) is 0.200. The highest BCUT2D eigenvalue weighted by Gasteiger charge is 2.04. The summed E-state index contributed by atoms with van der Waals surface area (Å²) >= 11 is 0. The van der Waals surface area contributed by atoms with E-state index in [-0.39, 0.29) is 6.54 Å². The number of allylic oxidation sites excluding steroid dienone is 1. The Morgan fingerprint density at radius 1 is 1.14 bits per heavy atom. The summed E-state index contributed by atoms with van der Waals surface area (Å²) in [5.41, 5.74) is 0.188. The Morgan fingerprint density at radius 2 is 1.79 bits per heavy atom. The highest BCUT2D eigenvalue weighted by molar-refractivity contribution is 5.15. The predicted octanol–water partition coefficient (Wildman–Crippen LogP) is 2.85. The Balaban J connectivity index is 2.53. The fourth-order valence-corrected chi connectivity index (χ4v) is 0.969. The number of benzene rings is 1. The van der Waals surface area contributed by atoms with E-state index in [1.165, 1.54) is 0 Å². The lowest BCUT2D eigenvalue weighted by molar-refractivity contribution is 0.382. The number of hydrogen-bond acceptors (Lipinski definition) is 1. The van der Waals surface area contributed by atoms with E-state index < -0.39 is 18.5 Å². The monoisotopic (exact) mass is 201 g/mol. The number of halogens is 3. The topological polar surface area (TPSA) is 12.0 Å². The molecule has 0 aliphatic heterocycles. The highest BCUT2D eigenvalue weighted by atomic mass is 19.3. The van der Waals surface area contributed by atoms with Crippen molar-refractivity contribution in [2.75, 3.05) is 6.67 Å². The van der Waals surface area contributed by atoms with Crippen LogP contribution in [0.2, 0.25) is 0 Å². The van der Waals surface area contributed by atoms with Crippen molar-refractivity contribution in [1.29, 1.82) is 0 Å². The Kier molecular flexibility index (Phi) is 4.04. The van der Waals surface area contributed by atoms with Gasteiger partial charge in [0, 0.05) is 6.54 Å². The van der Waals surface area contributed by atoms with Crippen LogP contribution in [0.1, 0.15) is 5.56 Å². The number of hydrogen-bond donors (Lipinski definition) is 1. The van der Waals surface area contributed by atoms with Crippen molar-refractivity contribution in [2.24, 2.45) is 0 Å². The van der Waals surface area contributed by atoms with Gasteiger partial charge < -0.3 is 5.32 Å². The molecule has 0 spiro atoms. The van der Waals surface area contributed by atoms with Crippen LogP contribution in [0.5, 0.6) is 0 Å². The van der Waals surface area contributed by atoms with E-state index in [2.05, 4.69) is 5.32 Å². The van der Waals surface area contributed by atoms with E-state index in [9.17, 15) is 13.2 Å². The smallest absolute Gasteiger partial charge is 0.291 e. The van der Waals surface area contributed by atoms with Crippen molar-refractivity contribution in [2.45, 2.75) is 6.54 Å². The molecule has 76 valence electrons. The van der Waals surface area contributed by atoms with Crippen LogP contribution in [0.3, 0.4) is 0 Å². The first-order valence-corrected chi connectivity index (χ1v) is 4.12. The van der Waals surface area contributed by atoms with Crippen molar-refractivity contribution in [3.05, 3.63) is 47.7 Å². The van der Waals surface area contributed by atoms with Gasteiger partial charge in [-0.15, -0.1) is 0 Å². The molecule has 0 unspecified atom stereocenters. The van der Waals surface area contributed by atoms with E-state index in [0.29, 0.717) is 0 Å². The molecule has 1 aromatic rings. The normalized spacial score (nSPS) is 9.64. The van der Waals surface area contributed by atoms with E-state index in [1.807, 2.05) is 6.07 Å². The standard InChI is InChI=1S/C10H10F3N/c11-6-9(10(12)13)14-7-8-4-2-1-3-5-8/h1-5,14H,6-7H2. The third kappa shape index (κ3) is 3.12. The lowest BCUT2D eigenvalue weighted by Gasteiger charge is -2.06. The molecule has 0 aromatic heterocycles. The summed E-state index contributed by atoms with van der Waals surface area (Å²) in [6.07, 6.45) is -2.00. The van der Waals surface area contributed by atoms with Gasteiger partial charge >= 0.3 is 0 Å². The Labute approximate surface area is 80.2 Å². The van der Waals surface area contributed by atoms with Crippen molar-refractivity contribution >= 4 is 0 Å². The minimum Gasteiger partial charge on any atom is -0.378 e. The van der Waals surface area contributed by atoms with Crippen LogP contribution in [0.25, 0.3) is 0 Å². The van der Waals surface area contributed by atoms with Gasteiger partial charge in [0.05, 0.1) is 0 Å². The van der Waals surface area contributed by atoms with Crippen molar-refractivity contribution in [3.63, 3.8) is 0 Å². The maximum atomic E-state index is 12.0. The molecule has 0 aliphatic rings. The summed E-state index contributed by atoms with van der Waals surface area (Å²) in [7, 11) is 0. The zero-order valence-corrected chi connectivity index (χ0v) is 7.43. The van der Waals surface area contributed by atoms with Crippen LogP contribution < -0.4 is 5.32 Å². The molecule has 0 bridgehead atoms. The van der Waals surface area contributed by atoms with E-state index in [4.69, 9.17) is 0 Å². The van der Waals surface area contributed by atoms with Gasteiger partial charge in [-0.05, 0) is 5.56 Å². The maximum absolute atomic E-state index is 12.0. The van der Waals surface area contributed by atoms with Gasteiger partial charge in [-0.1, -0.05) is 30.3 Å². The van der Waals surface area contributed by atoms with Crippen molar-refractivity contribution in [3.8, 4) is 0 Å². The summed E-state index contributed by atoms with van der Waals surface area (Å²) in [5.74, 6) is 0. The largest absolute Gasteiger partial charge is 0.378 e. The second-order valence-electron chi connectivity index (χ2n) is 2.71. The molecule has 1 rings (SSSR count). The van der Waals surface area contributed by atoms with Gasteiger partial charge in [-0.25, -0.2) is 4.39 Å². The Bertz CT molecular complexity index is 304. The Morgan fingerprint density at radius 3 is 2.29 bits per heavy atom. The molecule has 1 nitrogen and oxygen atoms in total. The van der Waals surface area contributed by atoms with Crippen LogP contribution >= 0.6 is 0 Å². The molecule has 0 aliphatic carbocycles.